The number of carboxylic acid groups (broad SMARTS) is 2. The van der Waals surface area contributed by atoms with Crippen molar-refractivity contribution in [3.63, 3.8) is 0 Å². The van der Waals surface area contributed by atoms with Crippen LogP contribution in [0.4, 0.5) is 0 Å². The van der Waals surface area contributed by atoms with Crippen LogP contribution in [-0.4, -0.2) is 57.5 Å². The van der Waals surface area contributed by atoms with Crippen molar-refractivity contribution in [1.82, 2.24) is 0 Å². The summed E-state index contributed by atoms with van der Waals surface area (Å²) in [6.07, 6.45) is 2.29. The first kappa shape index (κ1) is 28.1. The van der Waals surface area contributed by atoms with E-state index in [2.05, 4.69) is 4.52 Å². The average molecular weight is 512 g/mol. The van der Waals surface area contributed by atoms with Gasteiger partial charge in [-0.15, -0.1) is 0 Å². The predicted molar refractivity (Wildman–Crippen MR) is 124 cm³/mol. The molecule has 192 valence electrons. The smallest absolute Gasteiger partial charge is 0.342 e. The summed E-state index contributed by atoms with van der Waals surface area (Å²) in [6, 6.07) is 0. The molecule has 1 aromatic rings. The van der Waals surface area contributed by atoms with Gasteiger partial charge < -0.3 is 29.7 Å². The Hall–Kier alpha value is -3.14. The standard InChI is InChI=1S/C23H29O11P/c1-12(10-15(22(27)28)6-5-9-35(30,31)34-14(3)21(25)26)7-8-16-19(24)18-17(11-33-23(18)29)13(2)20(16)32-4/h5-7,14-15,24H,8-11H2,1-4H3,(H,25,26)(H,27,28)(H,30,31)/b6-5+,12-7+/t14-,15?/m0/s1. The van der Waals surface area contributed by atoms with E-state index in [0.29, 0.717) is 28.0 Å². The van der Waals surface area contributed by atoms with Crippen molar-refractivity contribution >= 4 is 25.5 Å². The third-order valence-corrected chi connectivity index (χ3v) is 6.85. The van der Waals surface area contributed by atoms with Gasteiger partial charge in [-0.3, -0.25) is 13.9 Å². The molecular formula is C23H29O11P. The SMILES string of the molecule is COc1c(C)c2c(c(O)c1C/C=C(\C)CC(/C=C/CP(=O)(O)O[C@@H](C)C(=O)O)C(=O)O)C(=O)OC2. The maximum absolute atomic E-state index is 12.0. The van der Waals surface area contributed by atoms with Crippen LogP contribution in [0.5, 0.6) is 11.5 Å². The van der Waals surface area contributed by atoms with Crippen LogP contribution >= 0.6 is 7.60 Å². The third kappa shape index (κ3) is 6.94. The molecule has 0 fully saturated rings. The minimum absolute atomic E-state index is 0.0483. The topological polar surface area (TPSA) is 177 Å². The zero-order chi connectivity index (χ0) is 26.5. The van der Waals surface area contributed by atoms with Gasteiger partial charge in [0, 0.05) is 11.1 Å². The van der Waals surface area contributed by atoms with Gasteiger partial charge in [0.25, 0.3) is 0 Å². The van der Waals surface area contributed by atoms with Crippen molar-refractivity contribution in [2.24, 2.45) is 5.92 Å². The van der Waals surface area contributed by atoms with Crippen LogP contribution < -0.4 is 4.74 Å². The summed E-state index contributed by atoms with van der Waals surface area (Å²) >= 11 is 0. The first-order valence-corrected chi connectivity index (χ1v) is 12.4. The highest BCUT2D eigenvalue weighted by atomic mass is 31.2. The van der Waals surface area contributed by atoms with Gasteiger partial charge in [-0.2, -0.15) is 0 Å². The zero-order valence-corrected chi connectivity index (χ0v) is 20.7. The number of carboxylic acids is 2. The molecule has 4 N–H and O–H groups in total. The molecule has 0 aliphatic carbocycles. The number of esters is 1. The van der Waals surface area contributed by atoms with Crippen molar-refractivity contribution in [1.29, 1.82) is 0 Å². The normalized spacial score (nSPS) is 16.9. The predicted octanol–water partition coefficient (Wildman–Crippen LogP) is 3.19. The number of hydrogen-bond donors (Lipinski definition) is 4. The summed E-state index contributed by atoms with van der Waals surface area (Å²) in [7, 11) is -2.82. The van der Waals surface area contributed by atoms with Gasteiger partial charge in [0.15, 0.2) is 6.10 Å². The maximum Gasteiger partial charge on any atom is 0.342 e. The summed E-state index contributed by atoms with van der Waals surface area (Å²) in [5.41, 5.74) is 2.35. The molecule has 2 unspecified atom stereocenters. The number of aromatic hydroxyl groups is 1. The van der Waals surface area contributed by atoms with E-state index in [1.54, 1.807) is 19.9 Å². The summed E-state index contributed by atoms with van der Waals surface area (Å²) in [5, 5.41) is 29.0. The molecule has 11 nitrogen and oxygen atoms in total. The second-order valence-electron chi connectivity index (χ2n) is 8.15. The van der Waals surface area contributed by atoms with Crippen molar-refractivity contribution in [3.05, 3.63) is 46.1 Å². The van der Waals surface area contributed by atoms with E-state index in [4.69, 9.17) is 14.6 Å². The van der Waals surface area contributed by atoms with Crippen molar-refractivity contribution < 1.29 is 53.2 Å². The molecule has 2 rings (SSSR count). The number of rotatable bonds is 12. The Morgan fingerprint density at radius 3 is 2.49 bits per heavy atom. The number of methoxy groups -OCH3 is 1. The Morgan fingerprint density at radius 1 is 1.26 bits per heavy atom. The summed E-state index contributed by atoms with van der Waals surface area (Å²) in [5.74, 6) is -4.05. The number of aliphatic carboxylic acids is 2. The molecule has 1 heterocycles. The number of allylic oxidation sites excluding steroid dienone is 3. The fraction of sp³-hybridized carbons (Fsp3) is 0.435. The zero-order valence-electron chi connectivity index (χ0n) is 19.8. The fourth-order valence-electron chi connectivity index (χ4n) is 3.67. The lowest BCUT2D eigenvalue weighted by Crippen LogP contribution is -2.19. The van der Waals surface area contributed by atoms with E-state index < -0.39 is 43.7 Å². The molecule has 1 aliphatic rings. The fourth-order valence-corrected chi connectivity index (χ4v) is 4.72. The van der Waals surface area contributed by atoms with Crippen LogP contribution in [0, 0.1) is 12.8 Å². The Kier molecular flexibility index (Phi) is 9.25. The van der Waals surface area contributed by atoms with E-state index in [0.717, 1.165) is 6.92 Å². The minimum atomic E-state index is -4.26. The van der Waals surface area contributed by atoms with Crippen LogP contribution in [0.3, 0.4) is 0 Å². The number of benzene rings is 1. The molecule has 3 atom stereocenters. The summed E-state index contributed by atoms with van der Waals surface area (Å²) in [4.78, 5) is 44.2. The van der Waals surface area contributed by atoms with Crippen LogP contribution in [-0.2, 0) is 36.4 Å². The molecule has 0 saturated carbocycles. The lowest BCUT2D eigenvalue weighted by molar-refractivity contribution is -0.144. The van der Waals surface area contributed by atoms with Gasteiger partial charge in [0.05, 0.1) is 19.2 Å². The Balaban J connectivity index is 2.16. The Labute approximate surface area is 202 Å². The lowest BCUT2D eigenvalue weighted by Gasteiger charge is -2.16. The van der Waals surface area contributed by atoms with Gasteiger partial charge >= 0.3 is 25.5 Å². The third-order valence-electron chi connectivity index (χ3n) is 5.54. The maximum atomic E-state index is 12.0. The summed E-state index contributed by atoms with van der Waals surface area (Å²) < 4.78 is 27.1. The molecule has 0 bridgehead atoms. The summed E-state index contributed by atoms with van der Waals surface area (Å²) in [6.45, 7) is 4.61. The quantitative estimate of drug-likeness (QED) is 0.184. The number of fused-ring (bicyclic) bond motifs is 1. The van der Waals surface area contributed by atoms with Gasteiger partial charge in [0.2, 0.25) is 0 Å². The van der Waals surface area contributed by atoms with Crippen molar-refractivity contribution in [2.75, 3.05) is 13.3 Å². The minimum Gasteiger partial charge on any atom is -0.507 e. The highest BCUT2D eigenvalue weighted by Crippen LogP contribution is 2.44. The van der Waals surface area contributed by atoms with E-state index in [-0.39, 0.29) is 30.8 Å². The largest absolute Gasteiger partial charge is 0.507 e. The molecule has 0 amide bonds. The second-order valence-corrected chi connectivity index (χ2v) is 10.0. The van der Waals surface area contributed by atoms with Gasteiger partial charge in [-0.25, -0.2) is 9.59 Å². The number of phenols is 1. The van der Waals surface area contributed by atoms with Crippen molar-refractivity contribution in [2.45, 2.75) is 46.3 Å². The molecule has 1 aliphatic heterocycles. The molecule has 1 aromatic carbocycles. The average Bonchev–Trinajstić information content (AvgIpc) is 3.15. The van der Waals surface area contributed by atoms with Gasteiger partial charge in [-0.1, -0.05) is 23.8 Å². The van der Waals surface area contributed by atoms with E-state index in [9.17, 15) is 34.1 Å². The molecule has 0 radical (unpaired) electrons. The van der Waals surface area contributed by atoms with E-state index in [1.807, 2.05) is 0 Å². The molecule has 35 heavy (non-hydrogen) atoms. The van der Waals surface area contributed by atoms with Gasteiger partial charge in [0.1, 0.15) is 23.7 Å². The molecule has 0 saturated heterocycles. The second kappa shape index (κ2) is 11.5. The van der Waals surface area contributed by atoms with Crippen LogP contribution in [0.1, 0.15) is 47.3 Å². The molecular weight excluding hydrogens is 483 g/mol. The van der Waals surface area contributed by atoms with E-state index in [1.165, 1.54) is 19.3 Å². The Bertz CT molecular complexity index is 1120. The first-order chi connectivity index (χ1) is 16.3. The molecule has 0 aromatic heterocycles. The number of carbonyl (C=O) groups excluding carboxylic acids is 1. The van der Waals surface area contributed by atoms with Crippen LogP contribution in [0.2, 0.25) is 0 Å². The number of cyclic esters (lactones) is 1. The van der Waals surface area contributed by atoms with Gasteiger partial charge in [-0.05, 0) is 39.2 Å². The van der Waals surface area contributed by atoms with Crippen LogP contribution in [0.25, 0.3) is 0 Å². The van der Waals surface area contributed by atoms with Crippen LogP contribution in [0.15, 0.2) is 23.8 Å². The Morgan fingerprint density at radius 2 is 1.91 bits per heavy atom. The molecule has 0 spiro atoms. The highest BCUT2D eigenvalue weighted by Gasteiger charge is 2.32. The lowest BCUT2D eigenvalue weighted by atomic mass is 9.93. The molecule has 12 heteroatoms. The number of carbonyl (C=O) groups is 3. The number of hydrogen-bond acceptors (Lipinski definition) is 8. The van der Waals surface area contributed by atoms with Crippen molar-refractivity contribution in [3.8, 4) is 11.5 Å². The highest BCUT2D eigenvalue weighted by molar-refractivity contribution is 7.53. The monoisotopic (exact) mass is 512 g/mol. The number of ether oxygens (including phenoxy) is 2. The van der Waals surface area contributed by atoms with E-state index >= 15 is 0 Å². The number of phenolic OH excluding ortho intramolecular Hbond substituents is 1. The first-order valence-electron chi connectivity index (χ1n) is 10.7.